The Morgan fingerprint density at radius 1 is 1.22 bits per heavy atom. The third-order valence-electron chi connectivity index (χ3n) is 4.59. The molecule has 1 aromatic carbocycles. The second-order valence-electron chi connectivity index (χ2n) is 6.28. The van der Waals surface area contributed by atoms with E-state index in [2.05, 4.69) is 20.8 Å². The van der Waals surface area contributed by atoms with Crippen LogP contribution in [-0.2, 0) is 0 Å². The van der Waals surface area contributed by atoms with E-state index in [1.54, 1.807) is 12.1 Å². The number of hydrogen-bond acceptors (Lipinski definition) is 4. The average molecular weight is 315 g/mol. The highest BCUT2D eigenvalue weighted by molar-refractivity contribution is 5.92. The van der Waals surface area contributed by atoms with Crippen LogP contribution in [-0.4, -0.2) is 39.0 Å². The summed E-state index contributed by atoms with van der Waals surface area (Å²) in [5.74, 6) is -0.524. The van der Waals surface area contributed by atoms with Crippen molar-refractivity contribution in [2.75, 3.05) is 0 Å². The van der Waals surface area contributed by atoms with Gasteiger partial charge in [-0.05, 0) is 49.9 Å². The first-order valence-electron chi connectivity index (χ1n) is 7.92. The van der Waals surface area contributed by atoms with Gasteiger partial charge in [-0.25, -0.2) is 4.39 Å². The number of halogens is 1. The summed E-state index contributed by atoms with van der Waals surface area (Å²) in [5, 5.41) is 14.9. The molecule has 23 heavy (non-hydrogen) atoms. The summed E-state index contributed by atoms with van der Waals surface area (Å²) >= 11 is 0. The third-order valence-corrected chi connectivity index (χ3v) is 4.59. The van der Waals surface area contributed by atoms with Crippen molar-refractivity contribution in [3.05, 3.63) is 42.0 Å². The quantitative estimate of drug-likeness (QED) is 0.898. The van der Waals surface area contributed by atoms with E-state index in [-0.39, 0.29) is 23.5 Å². The van der Waals surface area contributed by atoms with Crippen LogP contribution in [0.4, 0.5) is 4.39 Å². The first-order chi connectivity index (χ1) is 11.2. The standard InChI is InChI=1S/C16H18FN5O/c17-10-1-5-14(6-2-10)22-18-9-15(21-22)16(23)20-13-7-11-3-4-12(8-13)19-11/h1-2,5-6,9,11-13,19H,3-4,7-8H2,(H,20,23). The number of carbonyl (C=O) groups is 1. The lowest BCUT2D eigenvalue weighted by Gasteiger charge is -2.29. The van der Waals surface area contributed by atoms with Gasteiger partial charge in [0.05, 0.1) is 11.9 Å². The fourth-order valence-corrected chi connectivity index (χ4v) is 3.50. The molecule has 0 radical (unpaired) electrons. The normalized spacial score (nSPS) is 26.2. The maximum Gasteiger partial charge on any atom is 0.273 e. The first-order valence-corrected chi connectivity index (χ1v) is 7.92. The molecule has 3 heterocycles. The zero-order valence-electron chi connectivity index (χ0n) is 12.6. The largest absolute Gasteiger partial charge is 0.348 e. The Morgan fingerprint density at radius 2 is 1.91 bits per heavy atom. The van der Waals surface area contributed by atoms with Crippen LogP contribution in [0.15, 0.2) is 30.5 Å². The van der Waals surface area contributed by atoms with E-state index < -0.39 is 0 Å². The van der Waals surface area contributed by atoms with Crippen molar-refractivity contribution in [2.24, 2.45) is 0 Å². The van der Waals surface area contributed by atoms with Crippen molar-refractivity contribution in [3.63, 3.8) is 0 Å². The second kappa shape index (κ2) is 5.73. The second-order valence-corrected chi connectivity index (χ2v) is 6.28. The lowest BCUT2D eigenvalue weighted by Crippen LogP contribution is -2.48. The fourth-order valence-electron chi connectivity index (χ4n) is 3.50. The number of amides is 1. The number of nitrogens with one attached hydrogen (secondary N) is 2. The molecular weight excluding hydrogens is 297 g/mol. The summed E-state index contributed by atoms with van der Waals surface area (Å²) in [6.45, 7) is 0. The molecule has 1 aromatic heterocycles. The number of rotatable bonds is 3. The van der Waals surface area contributed by atoms with Gasteiger partial charge in [0.15, 0.2) is 5.69 Å². The Bertz CT molecular complexity index is 702. The fraction of sp³-hybridized carbons (Fsp3) is 0.438. The van der Waals surface area contributed by atoms with Crippen LogP contribution in [0.25, 0.3) is 5.69 Å². The molecule has 2 aromatic rings. The summed E-state index contributed by atoms with van der Waals surface area (Å²) in [6, 6.07) is 7.05. The molecule has 2 fully saturated rings. The van der Waals surface area contributed by atoms with Crippen LogP contribution in [0.5, 0.6) is 0 Å². The van der Waals surface area contributed by atoms with Crippen LogP contribution < -0.4 is 10.6 Å². The van der Waals surface area contributed by atoms with Gasteiger partial charge in [0.25, 0.3) is 5.91 Å². The SMILES string of the molecule is O=C(NC1CC2CCC(C1)N2)c1cnn(-c2ccc(F)cc2)n1. The minimum absolute atomic E-state index is 0.192. The van der Waals surface area contributed by atoms with Gasteiger partial charge in [0, 0.05) is 18.1 Å². The van der Waals surface area contributed by atoms with Gasteiger partial charge >= 0.3 is 0 Å². The van der Waals surface area contributed by atoms with Crippen LogP contribution in [0, 0.1) is 5.82 Å². The van der Waals surface area contributed by atoms with Crippen molar-refractivity contribution in [1.82, 2.24) is 25.6 Å². The summed E-state index contributed by atoms with van der Waals surface area (Å²) in [4.78, 5) is 13.7. The molecule has 4 rings (SSSR count). The monoisotopic (exact) mass is 315 g/mol. The van der Waals surface area contributed by atoms with E-state index in [0.29, 0.717) is 17.8 Å². The summed E-state index contributed by atoms with van der Waals surface area (Å²) in [5.41, 5.74) is 0.894. The zero-order chi connectivity index (χ0) is 15.8. The topological polar surface area (TPSA) is 71.8 Å². The Balaban J connectivity index is 1.44. The van der Waals surface area contributed by atoms with Crippen molar-refractivity contribution < 1.29 is 9.18 Å². The van der Waals surface area contributed by atoms with Gasteiger partial charge in [0.2, 0.25) is 0 Å². The molecule has 6 nitrogen and oxygen atoms in total. The number of hydrogen-bond donors (Lipinski definition) is 2. The number of aromatic nitrogens is 3. The molecular formula is C16H18FN5O. The van der Waals surface area contributed by atoms with E-state index in [1.165, 1.54) is 36.0 Å². The van der Waals surface area contributed by atoms with Crippen molar-refractivity contribution in [3.8, 4) is 5.69 Å². The van der Waals surface area contributed by atoms with Crippen LogP contribution >= 0.6 is 0 Å². The molecule has 2 saturated heterocycles. The van der Waals surface area contributed by atoms with Crippen molar-refractivity contribution in [2.45, 2.75) is 43.8 Å². The molecule has 2 aliphatic rings. The summed E-state index contributed by atoms with van der Waals surface area (Å²) < 4.78 is 12.9. The maximum absolute atomic E-state index is 12.9. The van der Waals surface area contributed by atoms with Gasteiger partial charge in [0.1, 0.15) is 5.82 Å². The molecule has 1 amide bonds. The number of piperidine rings is 1. The number of fused-ring (bicyclic) bond motifs is 2. The Labute approximate surface area is 133 Å². The van der Waals surface area contributed by atoms with E-state index in [9.17, 15) is 9.18 Å². The predicted octanol–water partition coefficient (Wildman–Crippen LogP) is 1.42. The highest BCUT2D eigenvalue weighted by Gasteiger charge is 2.34. The minimum atomic E-state index is -0.320. The van der Waals surface area contributed by atoms with E-state index in [0.717, 1.165) is 12.8 Å². The Hall–Kier alpha value is -2.28. The lowest BCUT2D eigenvalue weighted by molar-refractivity contribution is 0.0918. The Morgan fingerprint density at radius 3 is 2.61 bits per heavy atom. The lowest BCUT2D eigenvalue weighted by atomic mass is 10.00. The van der Waals surface area contributed by atoms with Gasteiger partial charge in [-0.2, -0.15) is 9.90 Å². The maximum atomic E-state index is 12.9. The number of nitrogens with zero attached hydrogens (tertiary/aromatic N) is 3. The van der Waals surface area contributed by atoms with E-state index in [4.69, 9.17) is 0 Å². The summed E-state index contributed by atoms with van der Waals surface area (Å²) in [7, 11) is 0. The van der Waals surface area contributed by atoms with Crippen LogP contribution in [0.3, 0.4) is 0 Å². The molecule has 0 spiro atoms. The molecule has 2 aliphatic heterocycles. The summed E-state index contributed by atoms with van der Waals surface area (Å²) in [6.07, 6.45) is 5.76. The highest BCUT2D eigenvalue weighted by Crippen LogP contribution is 2.26. The number of carbonyl (C=O) groups excluding carboxylic acids is 1. The van der Waals surface area contributed by atoms with Gasteiger partial charge in [-0.3, -0.25) is 4.79 Å². The highest BCUT2D eigenvalue weighted by atomic mass is 19.1. The molecule has 2 atom stereocenters. The number of benzene rings is 1. The third kappa shape index (κ3) is 2.96. The van der Waals surface area contributed by atoms with Crippen LogP contribution in [0.1, 0.15) is 36.2 Å². The molecule has 0 saturated carbocycles. The molecule has 7 heteroatoms. The first kappa shape index (κ1) is 14.3. The van der Waals surface area contributed by atoms with E-state index in [1.807, 2.05) is 0 Å². The van der Waals surface area contributed by atoms with Gasteiger partial charge in [-0.1, -0.05) is 0 Å². The minimum Gasteiger partial charge on any atom is -0.348 e. The molecule has 120 valence electrons. The van der Waals surface area contributed by atoms with Crippen LogP contribution in [0.2, 0.25) is 0 Å². The molecule has 2 bridgehead atoms. The average Bonchev–Trinajstić information content (AvgIpc) is 3.15. The van der Waals surface area contributed by atoms with Gasteiger partial charge < -0.3 is 10.6 Å². The van der Waals surface area contributed by atoms with Gasteiger partial charge in [-0.15, -0.1) is 5.10 Å². The van der Waals surface area contributed by atoms with E-state index >= 15 is 0 Å². The Kier molecular flexibility index (Phi) is 3.57. The van der Waals surface area contributed by atoms with Crippen molar-refractivity contribution in [1.29, 1.82) is 0 Å². The predicted molar refractivity (Wildman–Crippen MR) is 81.8 cm³/mol. The zero-order valence-corrected chi connectivity index (χ0v) is 12.6. The molecule has 2 unspecified atom stereocenters. The smallest absolute Gasteiger partial charge is 0.273 e. The van der Waals surface area contributed by atoms with Crippen molar-refractivity contribution >= 4 is 5.91 Å². The molecule has 2 N–H and O–H groups in total. The molecule has 0 aliphatic carbocycles.